The second kappa shape index (κ2) is 10.2. The number of carbonyl (C=O) groups is 1. The van der Waals surface area contributed by atoms with Crippen LogP contribution in [-0.4, -0.2) is 54.5 Å². The van der Waals surface area contributed by atoms with Gasteiger partial charge in [0.05, 0.1) is 0 Å². The SMILES string of the molecule is CCN(CC)C1CCN(C(=O)CCCCCCN)CC1. The number of unbranched alkanes of at least 4 members (excludes halogenated alkanes) is 3. The fourth-order valence-electron chi connectivity index (χ4n) is 3.15. The predicted octanol–water partition coefficient (Wildman–Crippen LogP) is 2.23. The summed E-state index contributed by atoms with van der Waals surface area (Å²) >= 11 is 0. The topological polar surface area (TPSA) is 49.6 Å². The molecule has 0 saturated carbocycles. The normalized spacial score (nSPS) is 16.9. The van der Waals surface area contributed by atoms with Gasteiger partial charge >= 0.3 is 0 Å². The molecule has 1 fully saturated rings. The van der Waals surface area contributed by atoms with Crippen LogP contribution >= 0.6 is 0 Å². The first-order valence-electron chi connectivity index (χ1n) is 8.44. The maximum atomic E-state index is 12.1. The predicted molar refractivity (Wildman–Crippen MR) is 84.7 cm³/mol. The van der Waals surface area contributed by atoms with Gasteiger partial charge in [0.25, 0.3) is 0 Å². The van der Waals surface area contributed by atoms with Gasteiger partial charge in [-0.05, 0) is 45.3 Å². The van der Waals surface area contributed by atoms with Gasteiger partial charge in [-0.2, -0.15) is 0 Å². The summed E-state index contributed by atoms with van der Waals surface area (Å²) in [6.07, 6.45) is 7.41. The van der Waals surface area contributed by atoms with Crippen molar-refractivity contribution in [2.24, 2.45) is 5.73 Å². The van der Waals surface area contributed by atoms with Crippen LogP contribution in [0, 0.1) is 0 Å². The van der Waals surface area contributed by atoms with Crippen LogP contribution in [0.2, 0.25) is 0 Å². The second-order valence-corrected chi connectivity index (χ2v) is 5.79. The molecule has 0 radical (unpaired) electrons. The summed E-state index contributed by atoms with van der Waals surface area (Å²) in [6.45, 7) is 9.36. The van der Waals surface area contributed by atoms with Gasteiger partial charge < -0.3 is 15.5 Å². The molecule has 0 atom stereocenters. The molecule has 0 aliphatic carbocycles. The third-order valence-corrected chi connectivity index (χ3v) is 4.49. The van der Waals surface area contributed by atoms with E-state index in [0.717, 1.165) is 77.7 Å². The van der Waals surface area contributed by atoms with Gasteiger partial charge in [0.15, 0.2) is 0 Å². The van der Waals surface area contributed by atoms with Crippen LogP contribution in [0.1, 0.15) is 58.8 Å². The summed E-state index contributed by atoms with van der Waals surface area (Å²) in [6, 6.07) is 0.679. The van der Waals surface area contributed by atoms with E-state index in [1.54, 1.807) is 0 Å². The standard InChI is InChI=1S/C16H33N3O/c1-3-18(4-2)15-10-13-19(14-11-15)16(20)9-7-5-6-8-12-17/h15H,3-14,17H2,1-2H3. The number of carbonyl (C=O) groups excluding carboxylic acids is 1. The number of piperidine rings is 1. The van der Waals surface area contributed by atoms with E-state index < -0.39 is 0 Å². The molecule has 118 valence electrons. The van der Waals surface area contributed by atoms with Crippen molar-refractivity contribution in [1.82, 2.24) is 9.80 Å². The third-order valence-electron chi connectivity index (χ3n) is 4.49. The lowest BCUT2D eigenvalue weighted by Gasteiger charge is -2.37. The molecule has 1 rings (SSSR count). The van der Waals surface area contributed by atoms with E-state index in [-0.39, 0.29) is 0 Å². The van der Waals surface area contributed by atoms with Crippen molar-refractivity contribution in [3.05, 3.63) is 0 Å². The summed E-state index contributed by atoms with van der Waals surface area (Å²) in [5.74, 6) is 0.357. The molecule has 4 nitrogen and oxygen atoms in total. The number of likely N-dealkylation sites (tertiary alicyclic amines) is 1. The van der Waals surface area contributed by atoms with Crippen molar-refractivity contribution in [3.63, 3.8) is 0 Å². The maximum Gasteiger partial charge on any atom is 0.222 e. The number of amides is 1. The number of nitrogens with zero attached hydrogens (tertiary/aromatic N) is 2. The van der Waals surface area contributed by atoms with Crippen molar-refractivity contribution in [2.45, 2.75) is 64.8 Å². The zero-order valence-corrected chi connectivity index (χ0v) is 13.4. The minimum atomic E-state index is 0.357. The van der Waals surface area contributed by atoms with Crippen molar-refractivity contribution in [3.8, 4) is 0 Å². The van der Waals surface area contributed by atoms with Crippen molar-refractivity contribution >= 4 is 5.91 Å². The van der Waals surface area contributed by atoms with Gasteiger partial charge in [-0.3, -0.25) is 4.79 Å². The van der Waals surface area contributed by atoms with E-state index in [0.29, 0.717) is 11.9 Å². The minimum absolute atomic E-state index is 0.357. The fourth-order valence-corrected chi connectivity index (χ4v) is 3.15. The molecule has 1 heterocycles. The molecule has 4 heteroatoms. The average molecular weight is 283 g/mol. The third kappa shape index (κ3) is 5.80. The summed E-state index contributed by atoms with van der Waals surface area (Å²) in [4.78, 5) is 16.7. The Labute approximate surface area is 124 Å². The summed E-state index contributed by atoms with van der Waals surface area (Å²) in [5, 5.41) is 0. The Kier molecular flexibility index (Phi) is 8.86. The summed E-state index contributed by atoms with van der Waals surface area (Å²) in [7, 11) is 0. The summed E-state index contributed by atoms with van der Waals surface area (Å²) in [5.41, 5.74) is 5.47. The van der Waals surface area contributed by atoms with Gasteiger partial charge in [-0.1, -0.05) is 26.7 Å². The fraction of sp³-hybridized carbons (Fsp3) is 0.938. The lowest BCUT2D eigenvalue weighted by atomic mass is 10.0. The van der Waals surface area contributed by atoms with Gasteiger partial charge in [0.2, 0.25) is 5.91 Å². The highest BCUT2D eigenvalue weighted by Gasteiger charge is 2.24. The van der Waals surface area contributed by atoms with Gasteiger partial charge in [0.1, 0.15) is 0 Å². The Morgan fingerprint density at radius 2 is 1.70 bits per heavy atom. The van der Waals surface area contributed by atoms with Gasteiger partial charge in [0, 0.05) is 25.6 Å². The Hall–Kier alpha value is -0.610. The van der Waals surface area contributed by atoms with Crippen LogP contribution in [0.3, 0.4) is 0 Å². The first-order valence-corrected chi connectivity index (χ1v) is 8.44. The molecule has 2 N–H and O–H groups in total. The summed E-state index contributed by atoms with van der Waals surface area (Å²) < 4.78 is 0. The molecule has 1 aliphatic rings. The molecule has 0 spiro atoms. The Balaban J connectivity index is 2.18. The Bertz CT molecular complexity index is 258. The minimum Gasteiger partial charge on any atom is -0.343 e. The molecule has 0 bridgehead atoms. The first-order chi connectivity index (χ1) is 9.72. The van der Waals surface area contributed by atoms with Crippen LogP contribution in [0.4, 0.5) is 0 Å². The number of hydrogen-bond donors (Lipinski definition) is 1. The molecular weight excluding hydrogens is 250 g/mol. The maximum absolute atomic E-state index is 12.1. The van der Waals surface area contributed by atoms with Gasteiger partial charge in [-0.15, -0.1) is 0 Å². The number of hydrogen-bond acceptors (Lipinski definition) is 3. The van der Waals surface area contributed by atoms with E-state index >= 15 is 0 Å². The number of nitrogens with two attached hydrogens (primary N) is 1. The number of rotatable bonds is 9. The highest BCUT2D eigenvalue weighted by atomic mass is 16.2. The second-order valence-electron chi connectivity index (χ2n) is 5.79. The van der Waals surface area contributed by atoms with E-state index in [2.05, 4.69) is 23.6 Å². The molecule has 0 unspecified atom stereocenters. The molecular formula is C16H33N3O. The molecule has 0 aromatic heterocycles. The highest BCUT2D eigenvalue weighted by molar-refractivity contribution is 5.76. The first kappa shape index (κ1) is 17.4. The molecule has 1 amide bonds. The highest BCUT2D eigenvalue weighted by Crippen LogP contribution is 2.17. The zero-order valence-electron chi connectivity index (χ0n) is 13.4. The molecule has 1 aliphatic heterocycles. The van der Waals surface area contributed by atoms with E-state index in [9.17, 15) is 4.79 Å². The molecule has 20 heavy (non-hydrogen) atoms. The van der Waals surface area contributed by atoms with Crippen LogP contribution < -0.4 is 5.73 Å². The molecule has 0 aromatic rings. The van der Waals surface area contributed by atoms with Crippen LogP contribution in [-0.2, 0) is 4.79 Å². The Morgan fingerprint density at radius 3 is 2.25 bits per heavy atom. The zero-order chi connectivity index (χ0) is 14.8. The monoisotopic (exact) mass is 283 g/mol. The van der Waals surface area contributed by atoms with E-state index in [1.165, 1.54) is 0 Å². The lowest BCUT2D eigenvalue weighted by molar-refractivity contribution is -0.132. The Morgan fingerprint density at radius 1 is 1.10 bits per heavy atom. The molecule has 1 saturated heterocycles. The van der Waals surface area contributed by atoms with E-state index in [4.69, 9.17) is 5.73 Å². The van der Waals surface area contributed by atoms with Crippen molar-refractivity contribution < 1.29 is 4.79 Å². The van der Waals surface area contributed by atoms with Crippen LogP contribution in [0.25, 0.3) is 0 Å². The molecule has 0 aromatic carbocycles. The van der Waals surface area contributed by atoms with Crippen molar-refractivity contribution in [1.29, 1.82) is 0 Å². The van der Waals surface area contributed by atoms with Crippen molar-refractivity contribution in [2.75, 3.05) is 32.7 Å². The average Bonchev–Trinajstić information content (AvgIpc) is 2.49. The smallest absolute Gasteiger partial charge is 0.222 e. The quantitative estimate of drug-likeness (QED) is 0.660. The van der Waals surface area contributed by atoms with Crippen LogP contribution in [0.5, 0.6) is 0 Å². The van der Waals surface area contributed by atoms with E-state index in [1.807, 2.05) is 0 Å². The largest absolute Gasteiger partial charge is 0.343 e. The van der Waals surface area contributed by atoms with Gasteiger partial charge in [-0.25, -0.2) is 0 Å². The lowest BCUT2D eigenvalue weighted by Crippen LogP contribution is -2.46. The van der Waals surface area contributed by atoms with Crippen LogP contribution in [0.15, 0.2) is 0 Å².